The maximum Gasteiger partial charge on any atom is 0.307 e. The van der Waals surface area contributed by atoms with Crippen molar-refractivity contribution in [3.63, 3.8) is 0 Å². The lowest BCUT2D eigenvalue weighted by molar-refractivity contribution is -0.136. The number of aliphatic carboxylic acids is 1. The summed E-state index contributed by atoms with van der Waals surface area (Å²) < 4.78 is 5.74. The van der Waals surface area contributed by atoms with E-state index in [9.17, 15) is 4.79 Å². The minimum atomic E-state index is -0.831. The lowest BCUT2D eigenvalue weighted by Gasteiger charge is -2.09. The fourth-order valence-corrected chi connectivity index (χ4v) is 2.41. The topological polar surface area (TPSA) is 46.5 Å². The summed E-state index contributed by atoms with van der Waals surface area (Å²) in [6.07, 6.45) is 21.2. The molecule has 0 spiro atoms. The normalized spacial score (nSPS) is 13.3. The zero-order valence-corrected chi connectivity index (χ0v) is 16.5. The first kappa shape index (κ1) is 22.5. The van der Waals surface area contributed by atoms with Crippen molar-refractivity contribution in [1.29, 1.82) is 0 Å². The molecular weight excluding hydrogens is 336 g/mol. The van der Waals surface area contributed by atoms with Crippen LogP contribution in [0.5, 0.6) is 5.75 Å². The van der Waals surface area contributed by atoms with Gasteiger partial charge in [0.1, 0.15) is 5.75 Å². The predicted molar refractivity (Wildman–Crippen MR) is 113 cm³/mol. The summed E-state index contributed by atoms with van der Waals surface area (Å²) in [4.78, 5) is 10.8. The molecule has 1 aromatic rings. The van der Waals surface area contributed by atoms with Crippen LogP contribution in [0.1, 0.15) is 45.1 Å². The van der Waals surface area contributed by atoms with Crippen molar-refractivity contribution in [2.75, 3.05) is 6.61 Å². The zero-order valence-electron chi connectivity index (χ0n) is 16.5. The van der Waals surface area contributed by atoms with Crippen LogP contribution in [0.15, 0.2) is 72.9 Å². The summed E-state index contributed by atoms with van der Waals surface area (Å²) in [5.74, 6) is 0.311. The summed E-state index contributed by atoms with van der Waals surface area (Å²) in [5, 5.41) is 8.84. The van der Waals surface area contributed by atoms with Gasteiger partial charge in [0, 0.05) is 0 Å². The smallest absolute Gasteiger partial charge is 0.307 e. The molecular formula is C24H32O3. The summed E-state index contributed by atoms with van der Waals surface area (Å²) >= 11 is 0. The number of carboxylic acids is 1. The number of carboxylic acid groups (broad SMARTS) is 1. The van der Waals surface area contributed by atoms with Crippen molar-refractivity contribution in [3.05, 3.63) is 78.4 Å². The molecule has 0 unspecified atom stereocenters. The van der Waals surface area contributed by atoms with E-state index in [1.54, 1.807) is 12.1 Å². The second kappa shape index (κ2) is 14.6. The third-order valence-electron chi connectivity index (χ3n) is 3.91. The maximum atomic E-state index is 10.8. The number of hydrogen-bond acceptors (Lipinski definition) is 2. The van der Waals surface area contributed by atoms with Gasteiger partial charge in [-0.05, 0) is 49.3 Å². The molecule has 0 aliphatic heterocycles. The first-order chi connectivity index (χ1) is 13.1. The van der Waals surface area contributed by atoms with E-state index in [0.717, 1.165) is 37.0 Å². The van der Waals surface area contributed by atoms with Gasteiger partial charge in [-0.3, -0.25) is 4.79 Å². The molecule has 3 heteroatoms. The second-order valence-electron chi connectivity index (χ2n) is 6.49. The molecule has 0 bridgehead atoms. The van der Waals surface area contributed by atoms with Gasteiger partial charge in [0.05, 0.1) is 13.0 Å². The molecule has 0 aliphatic carbocycles. The molecule has 3 nitrogen and oxygen atoms in total. The minimum Gasteiger partial charge on any atom is -0.494 e. The van der Waals surface area contributed by atoms with Crippen molar-refractivity contribution >= 4 is 5.97 Å². The highest BCUT2D eigenvalue weighted by Gasteiger charge is 2.03. The van der Waals surface area contributed by atoms with Gasteiger partial charge in [-0.15, -0.1) is 0 Å². The number of unbranched alkanes of at least 4 members (excludes halogenated alkanes) is 1. The molecule has 0 radical (unpaired) electrons. The van der Waals surface area contributed by atoms with Gasteiger partial charge in [-0.1, -0.05) is 74.6 Å². The van der Waals surface area contributed by atoms with Crippen LogP contribution in [0.4, 0.5) is 0 Å². The van der Waals surface area contributed by atoms with Gasteiger partial charge in [0.15, 0.2) is 0 Å². The molecule has 0 saturated carbocycles. The molecule has 0 heterocycles. The Morgan fingerprint density at radius 2 is 1.89 bits per heavy atom. The Labute approximate surface area is 163 Å². The number of carbonyl (C=O) groups is 1. The van der Waals surface area contributed by atoms with Crippen LogP contribution in [-0.2, 0) is 11.2 Å². The summed E-state index contributed by atoms with van der Waals surface area (Å²) in [7, 11) is 0. The van der Waals surface area contributed by atoms with E-state index in [0.29, 0.717) is 12.5 Å². The molecule has 0 aromatic heterocycles. The van der Waals surface area contributed by atoms with Gasteiger partial charge in [0.25, 0.3) is 0 Å². The van der Waals surface area contributed by atoms with E-state index in [1.807, 2.05) is 18.2 Å². The van der Waals surface area contributed by atoms with Crippen molar-refractivity contribution in [1.82, 2.24) is 0 Å². The highest BCUT2D eigenvalue weighted by Crippen LogP contribution is 2.15. The molecule has 27 heavy (non-hydrogen) atoms. The van der Waals surface area contributed by atoms with Crippen molar-refractivity contribution < 1.29 is 14.6 Å². The fraction of sp³-hybridized carbons (Fsp3) is 0.375. The van der Waals surface area contributed by atoms with Crippen LogP contribution in [0.2, 0.25) is 0 Å². The Morgan fingerprint density at radius 3 is 2.67 bits per heavy atom. The monoisotopic (exact) mass is 368 g/mol. The lowest BCUT2D eigenvalue weighted by atomic mass is 10.1. The van der Waals surface area contributed by atoms with Gasteiger partial charge in [-0.2, -0.15) is 0 Å². The average molecular weight is 369 g/mol. The van der Waals surface area contributed by atoms with Crippen molar-refractivity contribution in [2.45, 2.75) is 46.0 Å². The van der Waals surface area contributed by atoms with E-state index in [-0.39, 0.29) is 6.42 Å². The zero-order chi connectivity index (χ0) is 19.7. The van der Waals surface area contributed by atoms with Crippen LogP contribution in [0, 0.1) is 5.92 Å². The number of allylic oxidation sites excluding steroid dienone is 8. The molecule has 1 N–H and O–H groups in total. The molecule has 0 amide bonds. The number of ether oxygens (including phenoxy) is 1. The van der Waals surface area contributed by atoms with E-state index in [2.05, 4.69) is 56.4 Å². The summed E-state index contributed by atoms with van der Waals surface area (Å²) in [6, 6.07) is 7.28. The van der Waals surface area contributed by atoms with E-state index in [4.69, 9.17) is 9.84 Å². The van der Waals surface area contributed by atoms with Crippen LogP contribution >= 0.6 is 0 Å². The number of rotatable bonds is 13. The molecule has 146 valence electrons. The van der Waals surface area contributed by atoms with Crippen LogP contribution in [-0.4, -0.2) is 17.7 Å². The van der Waals surface area contributed by atoms with Crippen LogP contribution < -0.4 is 4.74 Å². The quantitative estimate of drug-likeness (QED) is 0.259. The van der Waals surface area contributed by atoms with Crippen LogP contribution in [0.25, 0.3) is 0 Å². The Kier molecular flexibility index (Phi) is 12.2. The fourth-order valence-electron chi connectivity index (χ4n) is 2.41. The molecule has 0 aliphatic rings. The Balaban J connectivity index is 2.23. The lowest BCUT2D eigenvalue weighted by Crippen LogP contribution is -2.03. The van der Waals surface area contributed by atoms with Gasteiger partial charge in [-0.25, -0.2) is 0 Å². The SMILES string of the molecule is CC/C=C\CC/C=C/C=C\C=C\[C@@H](C)CCOc1cccc(CC(=O)O)c1. The van der Waals surface area contributed by atoms with Crippen molar-refractivity contribution in [3.8, 4) is 5.75 Å². The molecule has 1 rings (SSSR count). The highest BCUT2D eigenvalue weighted by atomic mass is 16.5. The minimum absolute atomic E-state index is 0.0204. The first-order valence-corrected chi connectivity index (χ1v) is 9.70. The third kappa shape index (κ3) is 12.4. The third-order valence-corrected chi connectivity index (χ3v) is 3.91. The molecule has 0 fully saturated rings. The molecule has 1 aromatic carbocycles. The molecule has 1 atom stereocenters. The summed E-state index contributed by atoms with van der Waals surface area (Å²) in [6.45, 7) is 4.91. The Morgan fingerprint density at radius 1 is 1.11 bits per heavy atom. The Hall–Kier alpha value is -2.55. The predicted octanol–water partition coefficient (Wildman–Crippen LogP) is 6.13. The van der Waals surface area contributed by atoms with Gasteiger partial charge < -0.3 is 9.84 Å². The van der Waals surface area contributed by atoms with Gasteiger partial charge >= 0.3 is 5.97 Å². The average Bonchev–Trinajstić information content (AvgIpc) is 2.63. The van der Waals surface area contributed by atoms with E-state index < -0.39 is 5.97 Å². The van der Waals surface area contributed by atoms with E-state index >= 15 is 0 Å². The standard InChI is InChI=1S/C24H32O3/c1-3-4-5-6-7-8-9-10-11-12-14-21(2)17-18-27-23-16-13-15-22(19-23)20-24(25)26/h4-5,8-16,19,21H,3,6-7,17-18,20H2,1-2H3,(H,25,26)/b5-4-,9-8+,11-10-,14-12+/t21-/m1/s1. The number of hydrogen-bond donors (Lipinski definition) is 1. The van der Waals surface area contributed by atoms with Crippen molar-refractivity contribution in [2.24, 2.45) is 5.92 Å². The Bertz CT molecular complexity index is 653. The highest BCUT2D eigenvalue weighted by molar-refractivity contribution is 5.70. The largest absolute Gasteiger partial charge is 0.494 e. The number of benzene rings is 1. The molecule has 0 saturated heterocycles. The van der Waals surface area contributed by atoms with Gasteiger partial charge in [0.2, 0.25) is 0 Å². The van der Waals surface area contributed by atoms with Crippen LogP contribution in [0.3, 0.4) is 0 Å². The van der Waals surface area contributed by atoms with E-state index in [1.165, 1.54) is 0 Å². The maximum absolute atomic E-state index is 10.8. The second-order valence-corrected chi connectivity index (χ2v) is 6.49. The first-order valence-electron chi connectivity index (χ1n) is 9.70. The summed E-state index contributed by atoms with van der Waals surface area (Å²) in [5.41, 5.74) is 0.757.